The highest BCUT2D eigenvalue weighted by Gasteiger charge is 2.24. The van der Waals surface area contributed by atoms with Crippen molar-refractivity contribution in [3.8, 4) is 22.8 Å². The van der Waals surface area contributed by atoms with Gasteiger partial charge in [0.15, 0.2) is 5.78 Å². The summed E-state index contributed by atoms with van der Waals surface area (Å²) in [5.41, 5.74) is 1.95. The van der Waals surface area contributed by atoms with E-state index in [1.165, 1.54) is 48.6 Å². The molecule has 0 aliphatic heterocycles. The zero-order valence-corrected chi connectivity index (χ0v) is 20.9. The first-order valence-electron chi connectivity index (χ1n) is 11.6. The van der Waals surface area contributed by atoms with Gasteiger partial charge in [0.25, 0.3) is 0 Å². The van der Waals surface area contributed by atoms with Crippen LogP contribution in [0.2, 0.25) is 5.02 Å². The monoisotopic (exact) mass is 526 g/mol. The number of hydrogen-bond donors (Lipinski definition) is 0. The molecule has 0 atom stereocenters. The zero-order chi connectivity index (χ0) is 26.6. The Hall–Kier alpha value is -4.68. The molecule has 0 aliphatic carbocycles. The van der Waals surface area contributed by atoms with Gasteiger partial charge in [-0.05, 0) is 66.7 Å². The van der Waals surface area contributed by atoms with Crippen molar-refractivity contribution in [2.24, 2.45) is 0 Å². The number of esters is 1. The second kappa shape index (κ2) is 10.7. The molecule has 0 amide bonds. The highest BCUT2D eigenvalue weighted by molar-refractivity contribution is 6.32. The molecule has 1 aromatic heterocycles. The fourth-order valence-electron chi connectivity index (χ4n) is 3.97. The van der Waals surface area contributed by atoms with Crippen molar-refractivity contribution in [2.75, 3.05) is 7.11 Å². The Morgan fingerprint density at radius 3 is 2.34 bits per heavy atom. The van der Waals surface area contributed by atoms with Gasteiger partial charge < -0.3 is 13.9 Å². The number of ketones is 1. The number of benzene rings is 4. The molecule has 0 aliphatic rings. The summed E-state index contributed by atoms with van der Waals surface area (Å²) in [7, 11) is 1.54. The van der Waals surface area contributed by atoms with E-state index in [-0.39, 0.29) is 27.7 Å². The van der Waals surface area contributed by atoms with Gasteiger partial charge in [-0.2, -0.15) is 0 Å². The topological polar surface area (TPSA) is 65.7 Å². The Bertz CT molecular complexity index is 1650. The van der Waals surface area contributed by atoms with E-state index >= 15 is 0 Å². The molecule has 0 unspecified atom stereocenters. The fraction of sp³-hybridized carbons (Fsp3) is 0.0323. The number of furan rings is 1. The summed E-state index contributed by atoms with van der Waals surface area (Å²) in [6.07, 6.45) is 2.57. The van der Waals surface area contributed by atoms with E-state index in [1.54, 1.807) is 31.4 Å². The maximum atomic E-state index is 14.0. The van der Waals surface area contributed by atoms with Gasteiger partial charge in [0.1, 0.15) is 34.2 Å². The van der Waals surface area contributed by atoms with Crippen LogP contribution < -0.4 is 9.47 Å². The molecule has 188 valence electrons. The van der Waals surface area contributed by atoms with Crippen LogP contribution in [0, 0.1) is 5.82 Å². The van der Waals surface area contributed by atoms with Gasteiger partial charge >= 0.3 is 5.97 Å². The number of methoxy groups -OCH3 is 1. The standard InChI is InChI=1S/C31H20ClFO5/c1-36-22-14-17-28-24(18-22)29(30(38-28)20-6-3-2-4-7-20)31(35)37-21-12-10-19(11-13-21)27(34)16-15-23-25(32)8-5-9-26(23)33/h2-18H,1H3. The summed E-state index contributed by atoms with van der Waals surface area (Å²) in [4.78, 5) is 26.0. The molecule has 7 heteroatoms. The number of halogens is 2. The minimum atomic E-state index is -0.621. The summed E-state index contributed by atoms with van der Waals surface area (Å²) in [6, 6.07) is 24.8. The fourth-order valence-corrected chi connectivity index (χ4v) is 4.20. The second-order valence-corrected chi connectivity index (χ2v) is 8.69. The lowest BCUT2D eigenvalue weighted by molar-refractivity contribution is 0.0737. The molecular weight excluding hydrogens is 507 g/mol. The smallest absolute Gasteiger partial charge is 0.348 e. The minimum absolute atomic E-state index is 0.131. The largest absolute Gasteiger partial charge is 0.497 e. The number of fused-ring (bicyclic) bond motifs is 1. The first-order chi connectivity index (χ1) is 18.4. The van der Waals surface area contributed by atoms with Crippen molar-refractivity contribution in [2.45, 2.75) is 0 Å². The van der Waals surface area contributed by atoms with E-state index < -0.39 is 11.8 Å². The Morgan fingerprint density at radius 2 is 1.63 bits per heavy atom. The summed E-state index contributed by atoms with van der Waals surface area (Å²) in [5.74, 6) is -0.320. The highest BCUT2D eigenvalue weighted by Crippen LogP contribution is 2.36. The second-order valence-electron chi connectivity index (χ2n) is 8.28. The minimum Gasteiger partial charge on any atom is -0.497 e. The van der Waals surface area contributed by atoms with Crippen molar-refractivity contribution in [1.29, 1.82) is 0 Å². The van der Waals surface area contributed by atoms with Crippen LogP contribution in [-0.2, 0) is 0 Å². The van der Waals surface area contributed by atoms with E-state index in [4.69, 9.17) is 25.5 Å². The molecular formula is C31H20ClFO5. The van der Waals surface area contributed by atoms with Gasteiger partial charge in [-0.1, -0.05) is 48.0 Å². The normalized spacial score (nSPS) is 11.1. The average Bonchev–Trinajstić information content (AvgIpc) is 3.32. The number of carbonyl (C=O) groups is 2. The van der Waals surface area contributed by atoms with Gasteiger partial charge in [-0.25, -0.2) is 9.18 Å². The van der Waals surface area contributed by atoms with Crippen molar-refractivity contribution in [3.05, 3.63) is 125 Å². The summed E-state index contributed by atoms with van der Waals surface area (Å²) < 4.78 is 31.0. The van der Waals surface area contributed by atoms with Crippen molar-refractivity contribution < 1.29 is 27.9 Å². The number of carbonyl (C=O) groups excluding carboxylic acids is 2. The third kappa shape index (κ3) is 5.08. The highest BCUT2D eigenvalue weighted by atomic mass is 35.5. The quantitative estimate of drug-likeness (QED) is 0.0929. The van der Waals surface area contributed by atoms with E-state index in [2.05, 4.69) is 0 Å². The summed E-state index contributed by atoms with van der Waals surface area (Å²) >= 11 is 6.01. The third-order valence-corrected chi connectivity index (χ3v) is 6.22. The van der Waals surface area contributed by atoms with Crippen LogP contribution in [0.4, 0.5) is 4.39 Å². The molecule has 0 saturated heterocycles. The molecule has 38 heavy (non-hydrogen) atoms. The van der Waals surface area contributed by atoms with E-state index in [0.29, 0.717) is 28.0 Å². The number of allylic oxidation sites excluding steroid dienone is 1. The molecule has 5 nitrogen and oxygen atoms in total. The van der Waals surface area contributed by atoms with Gasteiger partial charge in [0.05, 0.1) is 12.1 Å². The van der Waals surface area contributed by atoms with Crippen LogP contribution in [0.1, 0.15) is 26.3 Å². The van der Waals surface area contributed by atoms with Crippen LogP contribution in [0.5, 0.6) is 11.5 Å². The predicted octanol–water partition coefficient (Wildman–Crippen LogP) is 8.02. The molecule has 0 spiro atoms. The molecule has 0 N–H and O–H groups in total. The Morgan fingerprint density at radius 1 is 0.895 bits per heavy atom. The van der Waals surface area contributed by atoms with Gasteiger partial charge in [-0.3, -0.25) is 4.79 Å². The SMILES string of the molecule is COc1ccc2oc(-c3ccccc3)c(C(=O)Oc3ccc(C(=O)C=Cc4c(F)cccc4Cl)cc3)c2c1. The lowest BCUT2D eigenvalue weighted by Gasteiger charge is -2.07. The van der Waals surface area contributed by atoms with Gasteiger partial charge in [0.2, 0.25) is 0 Å². The maximum absolute atomic E-state index is 14.0. The number of rotatable bonds is 7. The van der Waals surface area contributed by atoms with Crippen LogP contribution >= 0.6 is 11.6 Å². The molecule has 0 fully saturated rings. The van der Waals surface area contributed by atoms with Crippen molar-refractivity contribution in [1.82, 2.24) is 0 Å². The first kappa shape index (κ1) is 25.0. The first-order valence-corrected chi connectivity index (χ1v) is 12.0. The van der Waals surface area contributed by atoms with Crippen LogP contribution in [0.25, 0.3) is 28.4 Å². The molecule has 5 aromatic rings. The van der Waals surface area contributed by atoms with E-state index in [1.807, 2.05) is 30.3 Å². The number of hydrogen-bond acceptors (Lipinski definition) is 5. The van der Waals surface area contributed by atoms with Crippen LogP contribution in [0.15, 0.2) is 101 Å². The van der Waals surface area contributed by atoms with Crippen molar-refractivity contribution >= 4 is 40.4 Å². The molecule has 0 bridgehead atoms. The maximum Gasteiger partial charge on any atom is 0.348 e. The molecule has 0 radical (unpaired) electrons. The molecule has 4 aromatic carbocycles. The third-order valence-electron chi connectivity index (χ3n) is 5.89. The lowest BCUT2D eigenvalue weighted by atomic mass is 10.1. The number of ether oxygens (including phenoxy) is 2. The zero-order valence-electron chi connectivity index (χ0n) is 20.1. The summed E-state index contributed by atoms with van der Waals surface area (Å²) in [5, 5.41) is 0.757. The summed E-state index contributed by atoms with van der Waals surface area (Å²) in [6.45, 7) is 0. The Balaban J connectivity index is 1.40. The molecule has 1 heterocycles. The van der Waals surface area contributed by atoms with Crippen LogP contribution in [0.3, 0.4) is 0 Å². The predicted molar refractivity (Wildman–Crippen MR) is 144 cm³/mol. The Kier molecular flexibility index (Phi) is 7.07. The van der Waals surface area contributed by atoms with Gasteiger partial charge in [0, 0.05) is 22.1 Å². The van der Waals surface area contributed by atoms with E-state index in [9.17, 15) is 14.0 Å². The average molecular weight is 527 g/mol. The van der Waals surface area contributed by atoms with Gasteiger partial charge in [-0.15, -0.1) is 0 Å². The molecule has 5 rings (SSSR count). The molecule has 0 saturated carbocycles. The Labute approximate surface area is 222 Å². The van der Waals surface area contributed by atoms with Crippen molar-refractivity contribution in [3.63, 3.8) is 0 Å². The lowest BCUT2D eigenvalue weighted by Crippen LogP contribution is -2.09. The van der Waals surface area contributed by atoms with E-state index in [0.717, 1.165) is 5.56 Å². The van der Waals surface area contributed by atoms with Crippen LogP contribution in [-0.4, -0.2) is 18.9 Å².